The van der Waals surface area contributed by atoms with Gasteiger partial charge in [-0.05, 0) is 11.5 Å². The first-order chi connectivity index (χ1) is 16.8. The second-order valence-electron chi connectivity index (χ2n) is 7.95. The number of anilines is 1. The van der Waals surface area contributed by atoms with E-state index in [1.807, 2.05) is 30.3 Å². The Morgan fingerprint density at radius 1 is 1.17 bits per heavy atom. The fourth-order valence-electron chi connectivity index (χ4n) is 3.03. The third-order valence-corrected chi connectivity index (χ3v) is 4.93. The summed E-state index contributed by atoms with van der Waals surface area (Å²) in [4.78, 5) is 36.4. The van der Waals surface area contributed by atoms with Crippen LogP contribution in [0.15, 0.2) is 36.7 Å². The molecule has 0 radical (unpaired) electrons. The number of esters is 1. The van der Waals surface area contributed by atoms with Crippen molar-refractivity contribution in [2.24, 2.45) is 5.92 Å². The van der Waals surface area contributed by atoms with Gasteiger partial charge in [0.2, 0.25) is 11.8 Å². The van der Waals surface area contributed by atoms with E-state index in [1.54, 1.807) is 13.8 Å². The summed E-state index contributed by atoms with van der Waals surface area (Å²) in [5.74, 6) is -1.49. The van der Waals surface area contributed by atoms with Crippen molar-refractivity contribution in [2.75, 3.05) is 18.9 Å². The monoisotopic (exact) mass is 488 g/mol. The van der Waals surface area contributed by atoms with Crippen LogP contribution in [0.25, 0.3) is 11.2 Å². The summed E-state index contributed by atoms with van der Waals surface area (Å²) < 4.78 is 17.5. The fourth-order valence-corrected chi connectivity index (χ4v) is 3.03. The number of nitrogens with zero attached hydrogens (tertiary/aromatic N) is 4. The summed E-state index contributed by atoms with van der Waals surface area (Å²) in [6.07, 6.45) is -0.267. The molecule has 5 N–H and O–H groups in total. The SMILES string of the molecule is CC(C)[C@@H](NC(=O)OCc1ccccc1)C(=O)OCC(CO)OCn1cnc2c(O)nc(N)nc21. The molecule has 0 fully saturated rings. The van der Waals surface area contributed by atoms with Gasteiger partial charge < -0.3 is 35.5 Å². The number of alkyl carbamates (subject to hydrolysis) is 1. The van der Waals surface area contributed by atoms with Crippen LogP contribution in [-0.2, 0) is 32.3 Å². The van der Waals surface area contributed by atoms with Crippen LogP contribution in [0.4, 0.5) is 10.7 Å². The van der Waals surface area contributed by atoms with Gasteiger partial charge in [-0.2, -0.15) is 9.97 Å². The second-order valence-corrected chi connectivity index (χ2v) is 7.95. The van der Waals surface area contributed by atoms with Crippen molar-refractivity contribution in [3.63, 3.8) is 0 Å². The lowest BCUT2D eigenvalue weighted by atomic mass is 10.1. The number of hydrogen-bond donors (Lipinski definition) is 4. The third kappa shape index (κ3) is 7.01. The van der Waals surface area contributed by atoms with E-state index in [2.05, 4.69) is 20.3 Å². The van der Waals surface area contributed by atoms with Gasteiger partial charge in [0.15, 0.2) is 11.2 Å². The number of aliphatic hydroxyl groups excluding tert-OH is 1. The van der Waals surface area contributed by atoms with Gasteiger partial charge in [-0.3, -0.25) is 4.57 Å². The highest BCUT2D eigenvalue weighted by molar-refractivity contribution is 5.81. The van der Waals surface area contributed by atoms with Crippen molar-refractivity contribution >= 4 is 29.2 Å². The van der Waals surface area contributed by atoms with Gasteiger partial charge in [0.05, 0.1) is 12.9 Å². The van der Waals surface area contributed by atoms with Crippen LogP contribution in [0.3, 0.4) is 0 Å². The van der Waals surface area contributed by atoms with Gasteiger partial charge in [0, 0.05) is 0 Å². The number of hydrogen-bond acceptors (Lipinski definition) is 11. The average molecular weight is 489 g/mol. The molecule has 3 rings (SSSR count). The molecular formula is C22H28N6O7. The van der Waals surface area contributed by atoms with E-state index < -0.39 is 30.8 Å². The molecule has 3 aromatic rings. The number of nitrogens with one attached hydrogen (secondary N) is 1. The maximum Gasteiger partial charge on any atom is 0.408 e. The summed E-state index contributed by atoms with van der Waals surface area (Å²) in [7, 11) is 0. The fraction of sp³-hybridized carbons (Fsp3) is 0.409. The minimum atomic E-state index is -0.960. The number of ether oxygens (including phenoxy) is 3. The molecule has 0 spiro atoms. The highest BCUT2D eigenvalue weighted by Gasteiger charge is 2.27. The molecule has 0 saturated carbocycles. The molecule has 13 nitrogen and oxygen atoms in total. The molecular weight excluding hydrogens is 460 g/mol. The first-order valence-electron chi connectivity index (χ1n) is 10.8. The van der Waals surface area contributed by atoms with E-state index >= 15 is 0 Å². The molecule has 13 heteroatoms. The number of benzene rings is 1. The van der Waals surface area contributed by atoms with E-state index in [0.717, 1.165) is 5.56 Å². The highest BCUT2D eigenvalue weighted by atomic mass is 16.6. The number of aromatic nitrogens is 4. The summed E-state index contributed by atoms with van der Waals surface area (Å²) in [5.41, 5.74) is 6.74. The maximum atomic E-state index is 12.6. The number of carbonyl (C=O) groups is 2. The first-order valence-corrected chi connectivity index (χ1v) is 10.8. The van der Waals surface area contributed by atoms with Crippen molar-refractivity contribution < 1.29 is 34.0 Å². The molecule has 2 atom stereocenters. The van der Waals surface area contributed by atoms with Crippen molar-refractivity contribution in [2.45, 2.75) is 39.3 Å². The van der Waals surface area contributed by atoms with Crippen LogP contribution in [0, 0.1) is 5.92 Å². The number of aliphatic hydroxyl groups is 1. The van der Waals surface area contributed by atoms with Crippen LogP contribution in [0.2, 0.25) is 0 Å². The van der Waals surface area contributed by atoms with Gasteiger partial charge in [-0.25, -0.2) is 14.6 Å². The van der Waals surface area contributed by atoms with Crippen LogP contribution in [-0.4, -0.2) is 67.2 Å². The summed E-state index contributed by atoms with van der Waals surface area (Å²) >= 11 is 0. The van der Waals surface area contributed by atoms with Crippen LogP contribution in [0.5, 0.6) is 5.88 Å². The zero-order chi connectivity index (χ0) is 25.4. The second kappa shape index (κ2) is 11.9. The Labute approximate surface area is 200 Å². The Kier molecular flexibility index (Phi) is 8.75. The predicted octanol–water partition coefficient (Wildman–Crippen LogP) is 0.943. The Morgan fingerprint density at radius 2 is 1.91 bits per heavy atom. The van der Waals surface area contributed by atoms with Gasteiger partial charge in [-0.1, -0.05) is 44.2 Å². The number of aromatic hydroxyl groups is 1. The summed E-state index contributed by atoms with van der Waals surface area (Å²) in [6, 6.07) is 8.17. The number of fused-ring (bicyclic) bond motifs is 1. The Balaban J connectivity index is 1.51. The Hall–Kier alpha value is -3.97. The molecule has 1 amide bonds. The molecule has 188 valence electrons. The van der Waals surface area contributed by atoms with E-state index in [-0.39, 0.29) is 48.9 Å². The zero-order valence-corrected chi connectivity index (χ0v) is 19.3. The van der Waals surface area contributed by atoms with Gasteiger partial charge in [0.1, 0.15) is 32.1 Å². The smallest absolute Gasteiger partial charge is 0.408 e. The molecule has 0 saturated heterocycles. The molecule has 0 aliphatic carbocycles. The lowest BCUT2D eigenvalue weighted by Gasteiger charge is -2.22. The Bertz CT molecular complexity index is 1140. The van der Waals surface area contributed by atoms with E-state index in [4.69, 9.17) is 19.9 Å². The lowest BCUT2D eigenvalue weighted by Crippen LogP contribution is -2.46. The zero-order valence-electron chi connectivity index (χ0n) is 19.3. The molecule has 0 bridgehead atoms. The largest absolute Gasteiger partial charge is 0.492 e. The highest BCUT2D eigenvalue weighted by Crippen LogP contribution is 2.20. The van der Waals surface area contributed by atoms with E-state index in [1.165, 1.54) is 10.9 Å². The predicted molar refractivity (Wildman–Crippen MR) is 123 cm³/mol. The van der Waals surface area contributed by atoms with E-state index in [9.17, 15) is 19.8 Å². The first kappa shape index (κ1) is 25.6. The van der Waals surface area contributed by atoms with Gasteiger partial charge in [-0.15, -0.1) is 0 Å². The topological polar surface area (TPSA) is 184 Å². The van der Waals surface area contributed by atoms with Gasteiger partial charge in [0.25, 0.3) is 0 Å². The summed E-state index contributed by atoms with van der Waals surface area (Å²) in [5, 5.41) is 21.9. The maximum absolute atomic E-state index is 12.6. The van der Waals surface area contributed by atoms with Crippen LogP contribution >= 0.6 is 0 Å². The van der Waals surface area contributed by atoms with E-state index in [0.29, 0.717) is 0 Å². The lowest BCUT2D eigenvalue weighted by molar-refractivity contribution is -0.154. The van der Waals surface area contributed by atoms with Crippen molar-refractivity contribution in [3.8, 4) is 5.88 Å². The molecule has 35 heavy (non-hydrogen) atoms. The molecule has 2 aromatic heterocycles. The van der Waals surface area contributed by atoms with Gasteiger partial charge >= 0.3 is 12.1 Å². The molecule has 2 heterocycles. The molecule has 0 aliphatic rings. The number of imidazole rings is 1. The quantitative estimate of drug-likeness (QED) is 0.282. The normalized spacial score (nSPS) is 12.9. The number of rotatable bonds is 11. The standard InChI is InChI=1S/C22H28N6O7/c1-13(2)16(25-22(32)34-9-14-6-4-3-5-7-14)20(31)33-10-15(8-29)35-12-28-11-24-17-18(28)26-21(23)27-19(17)30/h3-7,11,13,15-16,29H,8-10,12H2,1-2H3,(H,25,32)(H3,23,26,27,30)/t15?,16-/m1/s1. The van der Waals surface area contributed by atoms with Crippen molar-refractivity contribution in [1.29, 1.82) is 0 Å². The molecule has 1 aromatic carbocycles. The molecule has 0 aliphatic heterocycles. The van der Waals surface area contributed by atoms with Crippen molar-refractivity contribution in [1.82, 2.24) is 24.8 Å². The minimum absolute atomic E-state index is 0.0598. The van der Waals surface area contributed by atoms with Crippen LogP contribution < -0.4 is 11.1 Å². The summed E-state index contributed by atoms with van der Waals surface area (Å²) in [6.45, 7) is 2.72. The number of carbonyl (C=O) groups excluding carboxylic acids is 2. The number of amides is 1. The molecule has 1 unspecified atom stereocenters. The minimum Gasteiger partial charge on any atom is -0.492 e. The third-order valence-electron chi connectivity index (χ3n) is 4.93. The van der Waals surface area contributed by atoms with Crippen LogP contribution in [0.1, 0.15) is 19.4 Å². The number of nitrogen functional groups attached to an aromatic ring is 1. The average Bonchev–Trinajstić information content (AvgIpc) is 3.24. The number of nitrogens with two attached hydrogens (primary N) is 1. The van der Waals surface area contributed by atoms with Crippen molar-refractivity contribution in [3.05, 3.63) is 42.2 Å². The Morgan fingerprint density at radius 3 is 2.60 bits per heavy atom.